The number of nitrogens with zero attached hydrogens (tertiary/aromatic N) is 4. The zero-order valence-corrected chi connectivity index (χ0v) is 26.2. The highest BCUT2D eigenvalue weighted by Gasteiger charge is 2.28. The Kier molecular flexibility index (Phi) is 12.5. The molecule has 1 aliphatic heterocycles. The van der Waals surface area contributed by atoms with Crippen LogP contribution in [0.5, 0.6) is 0 Å². The molecule has 0 unspecified atom stereocenters. The fourth-order valence-corrected chi connectivity index (χ4v) is 6.22. The molecule has 0 saturated carbocycles. The largest absolute Gasteiger partial charge is 0.353 e. The fraction of sp³-hybridized carbons (Fsp3) is 0.455. The molecule has 0 spiro atoms. The minimum Gasteiger partial charge on any atom is -0.353 e. The fourth-order valence-electron chi connectivity index (χ4n) is 5.33. The van der Waals surface area contributed by atoms with Crippen molar-refractivity contribution in [3.8, 4) is 0 Å². The Hall–Kier alpha value is -3.10. The van der Waals surface area contributed by atoms with Crippen LogP contribution in [0.25, 0.3) is 0 Å². The molecule has 9 heteroatoms. The van der Waals surface area contributed by atoms with Crippen molar-refractivity contribution in [2.75, 3.05) is 30.3 Å². The summed E-state index contributed by atoms with van der Waals surface area (Å²) in [6.45, 7) is 6.30. The number of amides is 2. The van der Waals surface area contributed by atoms with Gasteiger partial charge in [0.25, 0.3) is 0 Å². The van der Waals surface area contributed by atoms with E-state index in [4.69, 9.17) is 16.6 Å². The molecule has 0 aliphatic carbocycles. The molecule has 0 radical (unpaired) electrons. The average molecular weight is 608 g/mol. The summed E-state index contributed by atoms with van der Waals surface area (Å²) in [5, 5.41) is 4.00. The molecule has 1 aromatic heterocycles. The number of unbranched alkanes of at least 4 members (excludes halogenated alkanes) is 4. The summed E-state index contributed by atoms with van der Waals surface area (Å²) in [6, 6.07) is 21.9. The molecule has 1 fully saturated rings. The third-order valence-electron chi connectivity index (χ3n) is 7.58. The van der Waals surface area contributed by atoms with Gasteiger partial charge in [-0.2, -0.15) is 0 Å². The molecule has 2 amide bonds. The number of carbonyl (C=O) groups excluding carboxylic acids is 2. The van der Waals surface area contributed by atoms with Gasteiger partial charge in [-0.15, -0.1) is 0 Å². The third kappa shape index (κ3) is 9.73. The Labute approximate surface area is 259 Å². The van der Waals surface area contributed by atoms with Crippen LogP contribution >= 0.6 is 23.4 Å². The van der Waals surface area contributed by atoms with Crippen LogP contribution in [0.15, 0.2) is 71.9 Å². The first-order chi connectivity index (χ1) is 20.4. The number of piperazine rings is 1. The van der Waals surface area contributed by atoms with Gasteiger partial charge in [-0.1, -0.05) is 117 Å². The molecule has 1 N–H and O–H groups in total. The molecule has 2 aromatic carbocycles. The number of anilines is 1. The van der Waals surface area contributed by atoms with Crippen molar-refractivity contribution in [2.45, 2.75) is 76.0 Å². The van der Waals surface area contributed by atoms with E-state index in [9.17, 15) is 9.59 Å². The van der Waals surface area contributed by atoms with Gasteiger partial charge < -0.3 is 15.1 Å². The van der Waals surface area contributed by atoms with Crippen molar-refractivity contribution >= 4 is 41.0 Å². The van der Waals surface area contributed by atoms with Gasteiger partial charge in [0.2, 0.25) is 11.8 Å². The van der Waals surface area contributed by atoms with E-state index < -0.39 is 0 Å². The zero-order chi connectivity index (χ0) is 29.7. The topological polar surface area (TPSA) is 78.4 Å². The summed E-state index contributed by atoms with van der Waals surface area (Å²) in [6.07, 6.45) is 7.03. The summed E-state index contributed by atoms with van der Waals surface area (Å²) in [7, 11) is 0. The lowest BCUT2D eigenvalue weighted by Crippen LogP contribution is -2.54. The van der Waals surface area contributed by atoms with Gasteiger partial charge >= 0.3 is 0 Å². The number of hydrogen-bond donors (Lipinski definition) is 1. The maximum atomic E-state index is 13.1. The summed E-state index contributed by atoms with van der Waals surface area (Å²) in [5.41, 5.74) is 2.22. The van der Waals surface area contributed by atoms with Crippen molar-refractivity contribution in [3.05, 3.63) is 83.0 Å². The first-order valence-electron chi connectivity index (χ1n) is 15.0. The predicted octanol–water partition coefficient (Wildman–Crippen LogP) is 6.72. The predicted molar refractivity (Wildman–Crippen MR) is 172 cm³/mol. The van der Waals surface area contributed by atoms with E-state index >= 15 is 0 Å². The van der Waals surface area contributed by atoms with E-state index in [0.29, 0.717) is 42.8 Å². The van der Waals surface area contributed by atoms with Crippen LogP contribution in [0, 0.1) is 0 Å². The number of rotatable bonds is 14. The highest BCUT2D eigenvalue weighted by atomic mass is 35.5. The summed E-state index contributed by atoms with van der Waals surface area (Å²) < 4.78 is 0. The van der Waals surface area contributed by atoms with E-state index in [2.05, 4.69) is 41.2 Å². The second kappa shape index (κ2) is 16.5. The minimum absolute atomic E-state index is 0.0806. The normalized spacial score (nSPS) is 15.8. The summed E-state index contributed by atoms with van der Waals surface area (Å²) in [4.78, 5) is 39.1. The van der Waals surface area contributed by atoms with E-state index in [1.807, 2.05) is 53.4 Å². The van der Waals surface area contributed by atoms with Crippen molar-refractivity contribution in [3.63, 3.8) is 0 Å². The smallest absolute Gasteiger partial charge is 0.230 e. The highest BCUT2D eigenvalue weighted by molar-refractivity contribution is 7.99. The molecule has 1 aliphatic rings. The van der Waals surface area contributed by atoms with Crippen LogP contribution in [0.4, 0.5) is 5.82 Å². The Morgan fingerprint density at radius 3 is 2.43 bits per heavy atom. The van der Waals surface area contributed by atoms with Crippen LogP contribution in [0.3, 0.4) is 0 Å². The molecule has 0 bridgehead atoms. The molecular formula is C33H42ClN5O2S. The number of hydrogen-bond acceptors (Lipinski definition) is 6. The number of carbonyl (C=O) groups is 2. The van der Waals surface area contributed by atoms with E-state index in [1.54, 1.807) is 6.07 Å². The van der Waals surface area contributed by atoms with Crippen LogP contribution in [-0.2, 0) is 16.0 Å². The van der Waals surface area contributed by atoms with Gasteiger partial charge in [0.05, 0.1) is 11.8 Å². The molecule has 224 valence electrons. The quantitative estimate of drug-likeness (QED) is 0.0949. The number of benzene rings is 2. The lowest BCUT2D eigenvalue weighted by molar-refractivity contribution is -0.133. The molecule has 7 nitrogen and oxygen atoms in total. The van der Waals surface area contributed by atoms with E-state index in [1.165, 1.54) is 31.0 Å². The second-order valence-corrected chi connectivity index (χ2v) is 12.2. The van der Waals surface area contributed by atoms with Crippen LogP contribution in [0.2, 0.25) is 5.15 Å². The molecule has 2 atom stereocenters. The minimum atomic E-state index is -0.144. The van der Waals surface area contributed by atoms with Crippen molar-refractivity contribution in [1.29, 1.82) is 0 Å². The van der Waals surface area contributed by atoms with E-state index in [0.717, 1.165) is 29.8 Å². The van der Waals surface area contributed by atoms with Crippen molar-refractivity contribution < 1.29 is 9.59 Å². The Bertz CT molecular complexity index is 1280. The van der Waals surface area contributed by atoms with Crippen molar-refractivity contribution in [1.82, 2.24) is 20.2 Å². The standard InChI is InChI=1S/C33H42ClN5O2S/c1-3-4-5-6-13-18-32(41)39-20-19-38(23-25(39)2)30-22-29(34)36-33(37-30)42-24-31(40)35-28(27-16-11-8-12-17-27)21-26-14-9-7-10-15-26/h7-12,14-17,22,25,28H,3-6,13,18-21,23-24H2,1-2H3,(H,35,40)/t25-,28-/m1/s1. The first-order valence-corrected chi connectivity index (χ1v) is 16.4. The Morgan fingerprint density at radius 1 is 1.00 bits per heavy atom. The number of aromatic nitrogens is 2. The molecule has 42 heavy (non-hydrogen) atoms. The molecule has 1 saturated heterocycles. The van der Waals surface area contributed by atoms with E-state index in [-0.39, 0.29) is 29.7 Å². The molecule has 3 aromatic rings. The molecule has 2 heterocycles. The maximum absolute atomic E-state index is 13.1. The Morgan fingerprint density at radius 2 is 1.71 bits per heavy atom. The van der Waals surface area contributed by atoms with Crippen LogP contribution in [-0.4, -0.2) is 58.1 Å². The van der Waals surface area contributed by atoms with Gasteiger partial charge in [-0.25, -0.2) is 9.97 Å². The zero-order valence-electron chi connectivity index (χ0n) is 24.7. The van der Waals surface area contributed by atoms with Gasteiger partial charge in [0.15, 0.2) is 5.16 Å². The van der Waals surface area contributed by atoms with Crippen LogP contribution < -0.4 is 10.2 Å². The monoisotopic (exact) mass is 607 g/mol. The number of nitrogens with one attached hydrogen (secondary N) is 1. The summed E-state index contributed by atoms with van der Waals surface area (Å²) in [5.74, 6) is 1.05. The lowest BCUT2D eigenvalue weighted by atomic mass is 9.99. The van der Waals surface area contributed by atoms with Gasteiger partial charge in [0, 0.05) is 38.2 Å². The molecule has 4 rings (SSSR count). The van der Waals surface area contributed by atoms with Crippen molar-refractivity contribution in [2.24, 2.45) is 0 Å². The SMILES string of the molecule is CCCCCCCC(=O)N1CCN(c2cc(Cl)nc(SCC(=O)N[C@H](Cc3ccccc3)c3ccccc3)n2)C[C@H]1C. The average Bonchev–Trinajstić information content (AvgIpc) is 3.00. The maximum Gasteiger partial charge on any atom is 0.230 e. The van der Waals surface area contributed by atoms with Gasteiger partial charge in [-0.3, -0.25) is 9.59 Å². The number of halogens is 1. The Balaban J connectivity index is 1.32. The highest BCUT2D eigenvalue weighted by Crippen LogP contribution is 2.25. The second-order valence-electron chi connectivity index (χ2n) is 10.9. The number of thioether (sulfide) groups is 1. The summed E-state index contributed by atoms with van der Waals surface area (Å²) >= 11 is 7.67. The van der Waals surface area contributed by atoms with Crippen LogP contribution in [0.1, 0.15) is 69.5 Å². The van der Waals surface area contributed by atoms with Gasteiger partial charge in [0.1, 0.15) is 11.0 Å². The first kappa shape index (κ1) is 31.8. The lowest BCUT2D eigenvalue weighted by Gasteiger charge is -2.40. The van der Waals surface area contributed by atoms with Gasteiger partial charge in [-0.05, 0) is 30.9 Å². The third-order valence-corrected chi connectivity index (χ3v) is 8.62. The molecular weight excluding hydrogens is 566 g/mol.